The molecule has 2 fully saturated rings. The molecule has 0 aromatic rings. The van der Waals surface area contributed by atoms with Gasteiger partial charge in [-0.25, -0.2) is 0 Å². The minimum atomic E-state index is 0. The van der Waals surface area contributed by atoms with Crippen LogP contribution in [0, 0.1) is 17.8 Å². The Morgan fingerprint density at radius 3 is 2.26 bits per heavy atom. The van der Waals surface area contributed by atoms with Gasteiger partial charge in [-0.3, -0.25) is 4.99 Å². The molecule has 0 unspecified atom stereocenters. The van der Waals surface area contributed by atoms with Crippen LogP contribution in [0.5, 0.6) is 0 Å². The molecular weight excluding hydrogens is 399 g/mol. The summed E-state index contributed by atoms with van der Waals surface area (Å²) < 4.78 is 0. The van der Waals surface area contributed by atoms with E-state index in [1.807, 2.05) is 7.05 Å². The Morgan fingerprint density at radius 1 is 1.09 bits per heavy atom. The minimum absolute atomic E-state index is 0. The zero-order valence-corrected chi connectivity index (χ0v) is 17.9. The van der Waals surface area contributed by atoms with Crippen LogP contribution in [0.2, 0.25) is 0 Å². The van der Waals surface area contributed by atoms with Gasteiger partial charge in [0.15, 0.2) is 5.96 Å². The molecule has 23 heavy (non-hydrogen) atoms. The number of aliphatic imine (C=N–C) groups is 1. The van der Waals surface area contributed by atoms with Crippen LogP contribution in [-0.2, 0) is 0 Å². The molecule has 1 N–H and O–H groups in total. The second-order valence-electron chi connectivity index (χ2n) is 7.68. The maximum atomic E-state index is 4.49. The molecule has 0 bridgehead atoms. The van der Waals surface area contributed by atoms with E-state index in [-0.39, 0.29) is 24.0 Å². The van der Waals surface area contributed by atoms with Crippen molar-refractivity contribution in [1.82, 2.24) is 15.1 Å². The highest BCUT2D eigenvalue weighted by Gasteiger charge is 2.21. The van der Waals surface area contributed by atoms with E-state index >= 15 is 0 Å². The Hall–Kier alpha value is -0.0400. The number of piperidine rings is 1. The first-order valence-electron chi connectivity index (χ1n) is 9.18. The van der Waals surface area contributed by atoms with Crippen molar-refractivity contribution < 1.29 is 0 Å². The van der Waals surface area contributed by atoms with Crippen LogP contribution in [0.15, 0.2) is 4.99 Å². The highest BCUT2D eigenvalue weighted by molar-refractivity contribution is 14.0. The van der Waals surface area contributed by atoms with Crippen molar-refractivity contribution >= 4 is 29.9 Å². The second-order valence-corrected chi connectivity index (χ2v) is 7.68. The summed E-state index contributed by atoms with van der Waals surface area (Å²) in [5.74, 6) is 3.67. The zero-order chi connectivity index (χ0) is 15.9. The van der Waals surface area contributed by atoms with E-state index in [1.165, 1.54) is 51.6 Å². The normalized spacial score (nSPS) is 27.4. The molecule has 4 nitrogen and oxygen atoms in total. The number of nitrogens with one attached hydrogen (secondary N) is 1. The Morgan fingerprint density at radius 2 is 1.70 bits per heavy atom. The van der Waals surface area contributed by atoms with Crippen LogP contribution in [0.4, 0.5) is 0 Å². The molecule has 1 heterocycles. The van der Waals surface area contributed by atoms with Crippen molar-refractivity contribution in [3.8, 4) is 0 Å². The average molecular weight is 436 g/mol. The molecule has 5 heteroatoms. The second kappa shape index (κ2) is 10.7. The molecule has 0 spiro atoms. The van der Waals surface area contributed by atoms with Crippen LogP contribution in [-0.4, -0.2) is 63.1 Å². The lowest BCUT2D eigenvalue weighted by Gasteiger charge is -2.33. The van der Waals surface area contributed by atoms with Gasteiger partial charge in [-0.05, 0) is 63.6 Å². The van der Waals surface area contributed by atoms with Crippen LogP contribution in [0.25, 0.3) is 0 Å². The summed E-state index contributed by atoms with van der Waals surface area (Å²) in [5.41, 5.74) is 0. The molecule has 136 valence electrons. The number of guanidine groups is 1. The van der Waals surface area contributed by atoms with Gasteiger partial charge in [-0.15, -0.1) is 24.0 Å². The van der Waals surface area contributed by atoms with E-state index < -0.39 is 0 Å². The number of nitrogens with zero attached hydrogens (tertiary/aromatic N) is 3. The molecule has 1 saturated carbocycles. The van der Waals surface area contributed by atoms with Gasteiger partial charge in [0, 0.05) is 27.2 Å². The molecule has 1 aliphatic heterocycles. The van der Waals surface area contributed by atoms with Crippen LogP contribution >= 0.6 is 24.0 Å². The Labute approximate surface area is 160 Å². The lowest BCUT2D eigenvalue weighted by atomic mass is 9.83. The predicted octanol–water partition coefficient (Wildman–Crippen LogP) is 3.28. The standard InChI is InChI=1S/C18H36N4.HI/c1-15-5-7-17(8-6-15)14-22(4)18(19-2)20-13-16-9-11-21(3)12-10-16;/h15-17H,5-14H2,1-4H3,(H,19,20);1H. The Kier molecular flexibility index (Phi) is 9.82. The largest absolute Gasteiger partial charge is 0.356 e. The molecule has 1 aliphatic carbocycles. The number of halogens is 1. The summed E-state index contributed by atoms with van der Waals surface area (Å²) in [7, 11) is 6.33. The SMILES string of the molecule is CN=C(NCC1CCN(C)CC1)N(C)CC1CCC(C)CC1.I. The van der Waals surface area contributed by atoms with Gasteiger partial charge in [0.1, 0.15) is 0 Å². The van der Waals surface area contributed by atoms with Gasteiger partial charge in [-0.1, -0.05) is 19.8 Å². The van der Waals surface area contributed by atoms with Crippen molar-refractivity contribution in [2.75, 3.05) is 47.3 Å². The van der Waals surface area contributed by atoms with Crippen molar-refractivity contribution in [2.24, 2.45) is 22.7 Å². The van der Waals surface area contributed by atoms with E-state index in [1.54, 1.807) is 0 Å². The summed E-state index contributed by atoms with van der Waals surface area (Å²) in [6.07, 6.45) is 8.20. The number of hydrogen-bond acceptors (Lipinski definition) is 2. The fourth-order valence-corrected chi connectivity index (χ4v) is 3.87. The molecular formula is C18H37IN4. The third kappa shape index (κ3) is 7.16. The molecule has 0 atom stereocenters. The average Bonchev–Trinajstić information content (AvgIpc) is 2.52. The van der Waals surface area contributed by atoms with Crippen LogP contribution in [0.3, 0.4) is 0 Å². The number of rotatable bonds is 4. The Balaban J connectivity index is 0.00000264. The van der Waals surface area contributed by atoms with Gasteiger partial charge in [0.05, 0.1) is 0 Å². The van der Waals surface area contributed by atoms with E-state index in [2.05, 4.69) is 41.1 Å². The summed E-state index contributed by atoms with van der Waals surface area (Å²) in [4.78, 5) is 9.26. The molecule has 0 aromatic heterocycles. The van der Waals surface area contributed by atoms with Crippen molar-refractivity contribution in [3.05, 3.63) is 0 Å². The number of likely N-dealkylation sites (tertiary alicyclic amines) is 1. The third-order valence-electron chi connectivity index (χ3n) is 5.63. The first kappa shape index (κ1) is 21.0. The lowest BCUT2D eigenvalue weighted by Crippen LogP contribution is -2.44. The molecule has 0 aromatic carbocycles. The first-order valence-corrected chi connectivity index (χ1v) is 9.18. The maximum Gasteiger partial charge on any atom is 0.193 e. The monoisotopic (exact) mass is 436 g/mol. The van der Waals surface area contributed by atoms with Crippen molar-refractivity contribution in [1.29, 1.82) is 0 Å². The van der Waals surface area contributed by atoms with Gasteiger partial charge in [0.25, 0.3) is 0 Å². The van der Waals surface area contributed by atoms with Crippen molar-refractivity contribution in [2.45, 2.75) is 45.4 Å². The van der Waals surface area contributed by atoms with E-state index in [4.69, 9.17) is 0 Å². The minimum Gasteiger partial charge on any atom is -0.356 e. The van der Waals surface area contributed by atoms with E-state index in [0.717, 1.165) is 36.8 Å². The zero-order valence-electron chi connectivity index (χ0n) is 15.6. The van der Waals surface area contributed by atoms with Crippen molar-refractivity contribution in [3.63, 3.8) is 0 Å². The van der Waals surface area contributed by atoms with E-state index in [9.17, 15) is 0 Å². The molecule has 1 saturated heterocycles. The van der Waals surface area contributed by atoms with Gasteiger partial charge in [0.2, 0.25) is 0 Å². The summed E-state index contributed by atoms with van der Waals surface area (Å²) in [5, 5.41) is 3.61. The predicted molar refractivity (Wildman–Crippen MR) is 111 cm³/mol. The fourth-order valence-electron chi connectivity index (χ4n) is 3.87. The van der Waals surface area contributed by atoms with Gasteiger partial charge in [-0.2, -0.15) is 0 Å². The highest BCUT2D eigenvalue weighted by Crippen LogP contribution is 2.28. The molecule has 0 amide bonds. The first-order chi connectivity index (χ1) is 10.6. The van der Waals surface area contributed by atoms with Gasteiger partial charge < -0.3 is 15.1 Å². The summed E-state index contributed by atoms with van der Waals surface area (Å²) >= 11 is 0. The maximum absolute atomic E-state index is 4.49. The van der Waals surface area contributed by atoms with Crippen LogP contribution in [0.1, 0.15) is 45.4 Å². The summed E-state index contributed by atoms with van der Waals surface area (Å²) in [6, 6.07) is 0. The molecule has 2 rings (SSSR count). The third-order valence-corrected chi connectivity index (χ3v) is 5.63. The number of hydrogen-bond donors (Lipinski definition) is 1. The van der Waals surface area contributed by atoms with E-state index in [0.29, 0.717) is 0 Å². The smallest absolute Gasteiger partial charge is 0.193 e. The Bertz CT molecular complexity index is 345. The molecule has 0 radical (unpaired) electrons. The highest BCUT2D eigenvalue weighted by atomic mass is 127. The summed E-state index contributed by atoms with van der Waals surface area (Å²) in [6.45, 7) is 7.09. The van der Waals surface area contributed by atoms with Gasteiger partial charge >= 0.3 is 0 Å². The fraction of sp³-hybridized carbons (Fsp3) is 0.944. The molecule has 2 aliphatic rings. The lowest BCUT2D eigenvalue weighted by molar-refractivity contribution is 0.217. The van der Waals surface area contributed by atoms with Crippen LogP contribution < -0.4 is 5.32 Å². The quantitative estimate of drug-likeness (QED) is 0.417. The topological polar surface area (TPSA) is 30.9 Å².